The van der Waals surface area contributed by atoms with Crippen molar-refractivity contribution in [3.63, 3.8) is 0 Å². The molecule has 0 aliphatic heterocycles. The Kier molecular flexibility index (Phi) is 18.5. The summed E-state index contributed by atoms with van der Waals surface area (Å²) in [4.78, 5) is 0. The van der Waals surface area contributed by atoms with E-state index in [4.69, 9.17) is 3.07 Å². The molecule has 0 heterocycles. The van der Waals surface area contributed by atoms with Gasteiger partial charge < -0.3 is 0 Å². The zero-order valence-corrected chi connectivity index (χ0v) is 21.5. The molecule has 0 bridgehead atoms. The van der Waals surface area contributed by atoms with Crippen molar-refractivity contribution < 1.29 is 42.6 Å². The Hall–Kier alpha value is 0.129. The molecule has 1 nitrogen and oxygen atoms in total. The average Bonchev–Trinajstić information content (AvgIpc) is 2.78. The molecule has 0 aliphatic carbocycles. The summed E-state index contributed by atoms with van der Waals surface area (Å²) in [5.74, 6) is 0. The summed E-state index contributed by atoms with van der Waals surface area (Å²) >= 11 is -5.10. The van der Waals surface area contributed by atoms with Crippen LogP contribution in [0, 0.1) is 0 Å². The van der Waals surface area contributed by atoms with Gasteiger partial charge in [-0.05, 0) is 0 Å². The fraction of sp³-hybridized carbons (Fsp3) is 1.00. The van der Waals surface area contributed by atoms with E-state index in [9.17, 15) is 39.5 Å². The van der Waals surface area contributed by atoms with Gasteiger partial charge in [0.05, 0.1) is 0 Å². The first-order chi connectivity index (χ1) is 15.2. The van der Waals surface area contributed by atoms with E-state index >= 15 is 0 Å². The van der Waals surface area contributed by atoms with E-state index in [2.05, 4.69) is 6.92 Å². The molecule has 0 N–H and O–H groups in total. The van der Waals surface area contributed by atoms with Crippen LogP contribution in [-0.2, 0) is 3.07 Å². The molecular formula is C21H37F9OSn. The monoisotopic (exact) mass is 596 g/mol. The molecule has 0 aliphatic rings. The van der Waals surface area contributed by atoms with Crippen LogP contribution in [0.4, 0.5) is 39.5 Å². The summed E-state index contributed by atoms with van der Waals surface area (Å²) < 4.78 is 124. The van der Waals surface area contributed by atoms with Crippen molar-refractivity contribution in [1.82, 2.24) is 0 Å². The first kappa shape index (κ1) is 32.1. The van der Waals surface area contributed by atoms with E-state index in [1.807, 2.05) is 0 Å². The van der Waals surface area contributed by atoms with Crippen molar-refractivity contribution in [2.45, 2.75) is 102 Å². The van der Waals surface area contributed by atoms with E-state index in [0.29, 0.717) is 12.8 Å². The predicted molar refractivity (Wildman–Crippen MR) is 111 cm³/mol. The van der Waals surface area contributed by atoms with Crippen LogP contribution in [0.1, 0.15) is 51.9 Å². The molecule has 0 aromatic heterocycles. The molecule has 0 aromatic rings. The topological polar surface area (TPSA) is 9.23 Å². The van der Waals surface area contributed by atoms with Crippen molar-refractivity contribution >= 4 is 18.8 Å². The third-order valence-corrected chi connectivity index (χ3v) is 17.5. The third-order valence-electron chi connectivity index (χ3n) is 5.48. The van der Waals surface area contributed by atoms with Crippen LogP contribution in [-0.4, -0.2) is 82.5 Å². The van der Waals surface area contributed by atoms with Crippen LogP contribution in [0.15, 0.2) is 0 Å². The van der Waals surface area contributed by atoms with Crippen molar-refractivity contribution in [2.75, 3.05) is 26.6 Å². The van der Waals surface area contributed by atoms with Crippen LogP contribution in [0.2, 0.25) is 13.3 Å². The molecule has 0 radical (unpaired) electrons. The Morgan fingerprint density at radius 2 is 0.875 bits per heavy atom. The molecule has 32 heavy (non-hydrogen) atoms. The number of rotatable bonds is 21. The van der Waals surface area contributed by atoms with E-state index in [-0.39, 0.29) is 6.61 Å². The fourth-order valence-electron chi connectivity index (χ4n) is 3.51. The van der Waals surface area contributed by atoms with Crippen molar-refractivity contribution in [3.8, 4) is 0 Å². The second-order valence-electron chi connectivity index (χ2n) is 8.32. The Labute approximate surface area is 190 Å². The van der Waals surface area contributed by atoms with Crippen molar-refractivity contribution in [2.24, 2.45) is 0 Å². The number of hydrogen-bond donors (Lipinski definition) is 0. The van der Waals surface area contributed by atoms with Crippen molar-refractivity contribution in [3.05, 3.63) is 0 Å². The first-order valence-electron chi connectivity index (χ1n) is 11.3. The van der Waals surface area contributed by atoms with Gasteiger partial charge in [0.15, 0.2) is 0 Å². The van der Waals surface area contributed by atoms with Gasteiger partial charge in [-0.3, -0.25) is 0 Å². The Balaban J connectivity index is 5.39. The number of halogens is 9. The molecule has 0 spiro atoms. The average molecular weight is 595 g/mol. The summed E-state index contributed by atoms with van der Waals surface area (Å²) in [6.45, 7) is -3.10. The van der Waals surface area contributed by atoms with E-state index in [1.165, 1.54) is 0 Å². The summed E-state index contributed by atoms with van der Waals surface area (Å²) in [6, 6.07) is 0. The molecule has 0 saturated carbocycles. The van der Waals surface area contributed by atoms with Gasteiger partial charge in [0, 0.05) is 0 Å². The second kappa shape index (κ2) is 18.5. The number of unbranched alkanes of at least 4 members (excludes halogenated alkanes) is 6. The fourth-order valence-corrected chi connectivity index (χ4v) is 15.9. The van der Waals surface area contributed by atoms with Gasteiger partial charge in [-0.25, -0.2) is 0 Å². The molecule has 0 fully saturated rings. The van der Waals surface area contributed by atoms with Crippen LogP contribution in [0.3, 0.4) is 0 Å². The van der Waals surface area contributed by atoms with Gasteiger partial charge >= 0.3 is 190 Å². The number of alkyl halides is 9. The van der Waals surface area contributed by atoms with E-state index in [1.54, 1.807) is 0 Å². The van der Waals surface area contributed by atoms with Gasteiger partial charge in [0.1, 0.15) is 0 Å². The Bertz CT molecular complexity index is 404. The number of hydrogen-bond acceptors (Lipinski definition) is 1. The predicted octanol–water partition coefficient (Wildman–Crippen LogP) is 7.64. The molecule has 6 unspecified atom stereocenters. The van der Waals surface area contributed by atoms with Crippen LogP contribution < -0.4 is 0 Å². The summed E-state index contributed by atoms with van der Waals surface area (Å²) in [7, 11) is 0. The van der Waals surface area contributed by atoms with Crippen LogP contribution in [0.25, 0.3) is 0 Å². The standard InChI is InChI=1S/C9H19O.3C4H6F3.Sn/c1-2-3-4-5-6-7-8-9-10;3*1-3(6)4(7)2-5;/h2-9H2,1H3;3*3-4H,1-2H2;/q-1;;;;+1. The van der Waals surface area contributed by atoms with Crippen molar-refractivity contribution in [1.29, 1.82) is 0 Å². The summed E-state index contributed by atoms with van der Waals surface area (Å²) in [5, 5.41) is 0. The Morgan fingerprint density at radius 1 is 0.531 bits per heavy atom. The molecule has 194 valence electrons. The summed E-state index contributed by atoms with van der Waals surface area (Å²) in [5.41, 5.74) is 0. The molecular weight excluding hydrogens is 558 g/mol. The molecule has 0 amide bonds. The maximum absolute atomic E-state index is 14.3. The van der Waals surface area contributed by atoms with Gasteiger partial charge in [0.2, 0.25) is 0 Å². The van der Waals surface area contributed by atoms with Gasteiger partial charge in [0.25, 0.3) is 0 Å². The maximum atomic E-state index is 14.3. The molecule has 11 heteroatoms. The molecule has 0 rings (SSSR count). The first-order valence-corrected chi connectivity index (χ1v) is 18.5. The zero-order chi connectivity index (χ0) is 24.6. The van der Waals surface area contributed by atoms with Gasteiger partial charge in [-0.15, -0.1) is 0 Å². The molecule has 0 saturated heterocycles. The Morgan fingerprint density at radius 3 is 1.22 bits per heavy atom. The quantitative estimate of drug-likeness (QED) is 0.0754. The molecule has 6 atom stereocenters. The molecule has 0 aromatic carbocycles. The van der Waals surface area contributed by atoms with E-state index < -0.39 is 89.2 Å². The normalized spacial score (nSPS) is 19.7. The van der Waals surface area contributed by atoms with Gasteiger partial charge in [-0.2, -0.15) is 0 Å². The van der Waals surface area contributed by atoms with E-state index in [0.717, 1.165) is 32.1 Å². The minimum absolute atomic E-state index is 0.0955. The van der Waals surface area contributed by atoms with Crippen LogP contribution in [0.5, 0.6) is 0 Å². The second-order valence-corrected chi connectivity index (χ2v) is 19.4. The zero-order valence-electron chi connectivity index (χ0n) is 18.7. The van der Waals surface area contributed by atoms with Gasteiger partial charge in [-0.1, -0.05) is 0 Å². The third kappa shape index (κ3) is 13.1. The summed E-state index contributed by atoms with van der Waals surface area (Å²) in [6.07, 6.45) is -9.12. The SMILES string of the molecule is CCCCCCCCC[O][Sn]([CH2]C(F)C(F)CF)([CH2]C(F)C(F)CF)[CH2]C(F)C(F)CF. The minimum atomic E-state index is -5.10. The van der Waals surface area contributed by atoms with Crippen LogP contribution >= 0.6 is 0 Å².